The first-order valence-corrected chi connectivity index (χ1v) is 9.32. The lowest BCUT2D eigenvalue weighted by Gasteiger charge is -2.19. The highest BCUT2D eigenvalue weighted by atomic mass is 16.3. The predicted molar refractivity (Wildman–Crippen MR) is 103 cm³/mol. The minimum absolute atomic E-state index is 0.0596. The van der Waals surface area contributed by atoms with Crippen molar-refractivity contribution in [2.45, 2.75) is 64.7 Å². The van der Waals surface area contributed by atoms with E-state index < -0.39 is 0 Å². The van der Waals surface area contributed by atoms with Crippen LogP contribution in [-0.4, -0.2) is 10.9 Å². The number of aromatic hydroxyl groups is 1. The van der Waals surface area contributed by atoms with Gasteiger partial charge in [-0.1, -0.05) is 57.5 Å². The average Bonchev–Trinajstić information content (AvgIpc) is 2.79. The van der Waals surface area contributed by atoms with Crippen molar-refractivity contribution in [2.24, 2.45) is 0 Å². The van der Waals surface area contributed by atoms with Crippen LogP contribution in [0.15, 0.2) is 36.4 Å². The Morgan fingerprint density at radius 1 is 0.960 bits per heavy atom. The fourth-order valence-corrected chi connectivity index (χ4v) is 3.57. The third kappa shape index (κ3) is 4.12. The maximum atomic E-state index is 12.7. The Labute approximate surface area is 150 Å². The van der Waals surface area contributed by atoms with E-state index in [-0.39, 0.29) is 23.4 Å². The zero-order chi connectivity index (χ0) is 18.0. The van der Waals surface area contributed by atoms with Gasteiger partial charge in [-0.15, -0.1) is 0 Å². The van der Waals surface area contributed by atoms with Crippen LogP contribution in [-0.2, 0) is 24.7 Å². The molecule has 0 saturated heterocycles. The molecule has 0 heterocycles. The highest BCUT2D eigenvalue weighted by Gasteiger charge is 2.17. The molecule has 1 aliphatic rings. The first-order valence-electron chi connectivity index (χ1n) is 9.32. The Kier molecular flexibility index (Phi) is 4.99. The molecular formula is C23H28O2. The number of carbonyl (C=O) groups excluding carboxylic acids is 1. The maximum absolute atomic E-state index is 12.7. The number of fused-ring (bicyclic) bond motifs is 1. The van der Waals surface area contributed by atoms with Gasteiger partial charge in [-0.3, -0.25) is 4.79 Å². The second-order valence-electron chi connectivity index (χ2n) is 8.24. The average molecular weight is 336 g/mol. The molecule has 0 unspecified atom stereocenters. The molecule has 0 amide bonds. The Balaban J connectivity index is 1.80. The summed E-state index contributed by atoms with van der Waals surface area (Å²) in [5.74, 6) is 0.324. The highest BCUT2D eigenvalue weighted by Crippen LogP contribution is 2.29. The lowest BCUT2D eigenvalue weighted by atomic mass is 9.86. The number of rotatable bonds is 3. The molecule has 0 aliphatic heterocycles. The summed E-state index contributed by atoms with van der Waals surface area (Å²) in [7, 11) is 0. The van der Waals surface area contributed by atoms with E-state index in [0.717, 1.165) is 18.4 Å². The Morgan fingerprint density at radius 3 is 2.16 bits per heavy atom. The molecule has 0 fully saturated rings. The van der Waals surface area contributed by atoms with Gasteiger partial charge in [0.1, 0.15) is 5.75 Å². The normalized spacial score (nSPS) is 14.7. The molecule has 2 heteroatoms. The van der Waals surface area contributed by atoms with Crippen molar-refractivity contribution in [1.29, 1.82) is 0 Å². The van der Waals surface area contributed by atoms with E-state index in [0.29, 0.717) is 5.56 Å². The van der Waals surface area contributed by atoms with E-state index in [4.69, 9.17) is 0 Å². The highest BCUT2D eigenvalue weighted by molar-refractivity contribution is 5.97. The second kappa shape index (κ2) is 7.03. The summed E-state index contributed by atoms with van der Waals surface area (Å²) in [5, 5.41) is 10.4. The molecule has 25 heavy (non-hydrogen) atoms. The van der Waals surface area contributed by atoms with Gasteiger partial charge in [0.25, 0.3) is 0 Å². The zero-order valence-corrected chi connectivity index (χ0v) is 15.6. The van der Waals surface area contributed by atoms with Crippen LogP contribution >= 0.6 is 0 Å². The molecule has 3 rings (SSSR count). The number of Topliss-reactive ketones (excluding diaryl/α,β-unsaturated/α-hetero) is 1. The number of ketones is 1. The smallest absolute Gasteiger partial charge is 0.167 e. The van der Waals surface area contributed by atoms with Crippen LogP contribution in [0.4, 0.5) is 0 Å². The molecule has 1 N–H and O–H groups in total. The Morgan fingerprint density at radius 2 is 1.56 bits per heavy atom. The number of aryl methyl sites for hydroxylation is 2. The van der Waals surface area contributed by atoms with E-state index in [1.54, 1.807) is 0 Å². The fourth-order valence-electron chi connectivity index (χ4n) is 3.57. The molecular weight excluding hydrogens is 308 g/mol. The summed E-state index contributed by atoms with van der Waals surface area (Å²) < 4.78 is 0. The summed E-state index contributed by atoms with van der Waals surface area (Å²) in [5.41, 5.74) is 5.32. The van der Waals surface area contributed by atoms with Crippen LogP contribution in [0.1, 0.15) is 72.6 Å². The van der Waals surface area contributed by atoms with Gasteiger partial charge >= 0.3 is 0 Å². The van der Waals surface area contributed by atoms with Gasteiger partial charge in [0.05, 0.1) is 0 Å². The van der Waals surface area contributed by atoms with E-state index >= 15 is 0 Å². The summed E-state index contributed by atoms with van der Waals surface area (Å²) in [6, 6.07) is 11.8. The van der Waals surface area contributed by atoms with Crippen LogP contribution in [0.3, 0.4) is 0 Å². The minimum atomic E-state index is 0.0596. The molecule has 2 aromatic carbocycles. The third-order valence-electron chi connectivity index (χ3n) is 5.22. The quantitative estimate of drug-likeness (QED) is 0.603. The SMILES string of the molecule is CC(C)(C)c1ccc(C(=O)Cc2cc3c(cc2O)CCCCC3)cc1. The lowest BCUT2D eigenvalue weighted by molar-refractivity contribution is 0.0992. The number of hydrogen-bond donors (Lipinski definition) is 1. The van der Waals surface area contributed by atoms with Gasteiger partial charge in [0.2, 0.25) is 0 Å². The topological polar surface area (TPSA) is 37.3 Å². The number of phenols is 1. The molecule has 0 spiro atoms. The van der Waals surface area contributed by atoms with Crippen LogP contribution < -0.4 is 0 Å². The van der Waals surface area contributed by atoms with Gasteiger partial charge in [-0.2, -0.15) is 0 Å². The van der Waals surface area contributed by atoms with Crippen molar-refractivity contribution in [3.8, 4) is 5.75 Å². The van der Waals surface area contributed by atoms with Crippen molar-refractivity contribution in [2.75, 3.05) is 0 Å². The molecule has 0 aromatic heterocycles. The van der Waals surface area contributed by atoms with Crippen LogP contribution in [0.25, 0.3) is 0 Å². The molecule has 1 aliphatic carbocycles. The van der Waals surface area contributed by atoms with Crippen molar-refractivity contribution in [3.63, 3.8) is 0 Å². The largest absolute Gasteiger partial charge is 0.508 e. The number of benzene rings is 2. The summed E-state index contributed by atoms with van der Waals surface area (Å²) in [6.45, 7) is 6.49. The van der Waals surface area contributed by atoms with Gasteiger partial charge in [0.15, 0.2) is 5.78 Å². The van der Waals surface area contributed by atoms with Crippen molar-refractivity contribution < 1.29 is 9.90 Å². The van der Waals surface area contributed by atoms with Crippen molar-refractivity contribution >= 4 is 5.78 Å². The number of carbonyl (C=O) groups is 1. The molecule has 2 nitrogen and oxygen atoms in total. The van der Waals surface area contributed by atoms with Gasteiger partial charge in [-0.05, 0) is 53.9 Å². The summed E-state index contributed by atoms with van der Waals surface area (Å²) >= 11 is 0. The Hall–Kier alpha value is -2.09. The molecule has 0 bridgehead atoms. The molecule has 0 atom stereocenters. The summed E-state index contributed by atoms with van der Waals surface area (Å²) in [6.07, 6.45) is 5.96. The van der Waals surface area contributed by atoms with E-state index in [1.807, 2.05) is 30.3 Å². The molecule has 132 valence electrons. The van der Waals surface area contributed by atoms with Crippen LogP contribution in [0.5, 0.6) is 5.75 Å². The van der Waals surface area contributed by atoms with Crippen molar-refractivity contribution in [3.05, 3.63) is 64.2 Å². The van der Waals surface area contributed by atoms with Gasteiger partial charge in [0, 0.05) is 17.5 Å². The predicted octanol–water partition coefficient (Wildman–Crippen LogP) is 5.38. The number of hydrogen-bond acceptors (Lipinski definition) is 2. The third-order valence-corrected chi connectivity index (χ3v) is 5.22. The molecule has 0 saturated carbocycles. The van der Waals surface area contributed by atoms with Gasteiger partial charge < -0.3 is 5.11 Å². The lowest BCUT2D eigenvalue weighted by Crippen LogP contribution is -2.11. The Bertz CT molecular complexity index is 764. The number of phenolic OH excluding ortho intramolecular Hbond substituents is 1. The van der Waals surface area contributed by atoms with E-state index in [9.17, 15) is 9.90 Å². The van der Waals surface area contributed by atoms with Crippen LogP contribution in [0.2, 0.25) is 0 Å². The first-order chi connectivity index (χ1) is 11.8. The maximum Gasteiger partial charge on any atom is 0.167 e. The van der Waals surface area contributed by atoms with Gasteiger partial charge in [-0.25, -0.2) is 0 Å². The standard InChI is InChI=1S/C23H28O2/c1-23(2,3)20-11-9-16(10-12-20)21(24)15-19-13-17-7-5-4-6-8-18(17)14-22(19)25/h9-14,25H,4-8,15H2,1-3H3. The zero-order valence-electron chi connectivity index (χ0n) is 15.6. The second-order valence-corrected chi connectivity index (χ2v) is 8.24. The first kappa shape index (κ1) is 17.7. The minimum Gasteiger partial charge on any atom is -0.508 e. The molecule has 0 radical (unpaired) electrons. The monoisotopic (exact) mass is 336 g/mol. The molecule has 2 aromatic rings. The van der Waals surface area contributed by atoms with Crippen LogP contribution in [0, 0.1) is 0 Å². The van der Waals surface area contributed by atoms with E-state index in [1.165, 1.54) is 36.0 Å². The summed E-state index contributed by atoms with van der Waals surface area (Å²) in [4.78, 5) is 12.7. The fraction of sp³-hybridized carbons (Fsp3) is 0.435. The van der Waals surface area contributed by atoms with Crippen molar-refractivity contribution in [1.82, 2.24) is 0 Å². The van der Waals surface area contributed by atoms with E-state index in [2.05, 4.69) is 26.8 Å².